The van der Waals surface area contributed by atoms with E-state index in [1.807, 2.05) is 13.8 Å². The minimum atomic E-state index is -4.06. The number of carbonyl (C=O) groups is 2. The van der Waals surface area contributed by atoms with Crippen molar-refractivity contribution in [3.63, 3.8) is 0 Å². The van der Waals surface area contributed by atoms with E-state index in [2.05, 4.69) is 10.0 Å². The predicted molar refractivity (Wildman–Crippen MR) is 132 cm³/mol. The maximum absolute atomic E-state index is 13.8. The Balaban J connectivity index is 1.70. The number of rotatable bonds is 7. The second-order valence-electron chi connectivity index (χ2n) is 8.14. The lowest BCUT2D eigenvalue weighted by Crippen LogP contribution is -2.40. The van der Waals surface area contributed by atoms with Gasteiger partial charge in [-0.1, -0.05) is 12.1 Å². The minimum Gasteiger partial charge on any atom is -0.423 e. The van der Waals surface area contributed by atoms with Gasteiger partial charge in [-0.25, -0.2) is 22.4 Å². The van der Waals surface area contributed by atoms with Crippen LogP contribution in [0.3, 0.4) is 0 Å². The summed E-state index contributed by atoms with van der Waals surface area (Å²) in [7, 11) is -2.44. The number of halogens is 1. The molecule has 0 spiro atoms. The third kappa shape index (κ3) is 6.57. The number of hydrogen-bond donors (Lipinski definition) is 2. The maximum atomic E-state index is 13.8. The standard InChI is InChI=1S/C25H26FN3O5S/c1-16(2)27-25(31)29(4)20-9-11-21(12-10-20)34-24(30)18-6-5-7-19(14-18)28-35(32,33)22-13-8-17(3)23(26)15-22/h5-16,28H,1-4H3,(H,27,31). The number of amides is 2. The first-order chi connectivity index (χ1) is 16.5. The van der Waals surface area contributed by atoms with E-state index < -0.39 is 21.8 Å². The van der Waals surface area contributed by atoms with Gasteiger partial charge in [-0.2, -0.15) is 0 Å². The first-order valence-electron chi connectivity index (χ1n) is 10.7. The van der Waals surface area contributed by atoms with Gasteiger partial charge in [0.2, 0.25) is 0 Å². The molecule has 10 heteroatoms. The fourth-order valence-corrected chi connectivity index (χ4v) is 4.09. The lowest BCUT2D eigenvalue weighted by atomic mass is 10.2. The zero-order chi connectivity index (χ0) is 25.8. The topological polar surface area (TPSA) is 105 Å². The average molecular weight is 500 g/mol. The second-order valence-corrected chi connectivity index (χ2v) is 9.83. The van der Waals surface area contributed by atoms with Crippen molar-refractivity contribution in [2.45, 2.75) is 31.7 Å². The number of anilines is 2. The van der Waals surface area contributed by atoms with Crippen molar-refractivity contribution in [1.29, 1.82) is 0 Å². The highest BCUT2D eigenvalue weighted by Gasteiger charge is 2.18. The molecule has 0 atom stereocenters. The molecule has 2 N–H and O–H groups in total. The minimum absolute atomic E-state index is 0.0107. The molecule has 0 aliphatic rings. The van der Waals surface area contributed by atoms with Gasteiger partial charge in [0, 0.05) is 24.5 Å². The van der Waals surface area contributed by atoms with Crippen molar-refractivity contribution in [3.8, 4) is 5.75 Å². The van der Waals surface area contributed by atoms with Gasteiger partial charge in [0.1, 0.15) is 11.6 Å². The van der Waals surface area contributed by atoms with Crippen LogP contribution in [0.4, 0.5) is 20.6 Å². The molecular weight excluding hydrogens is 473 g/mol. The fraction of sp³-hybridized carbons (Fsp3) is 0.200. The molecule has 0 radical (unpaired) electrons. The summed E-state index contributed by atoms with van der Waals surface area (Å²) in [6.45, 7) is 5.25. The van der Waals surface area contributed by atoms with Crippen molar-refractivity contribution in [1.82, 2.24) is 5.32 Å². The Bertz CT molecular complexity index is 1340. The molecule has 2 amide bonds. The summed E-state index contributed by atoms with van der Waals surface area (Å²) >= 11 is 0. The van der Waals surface area contributed by atoms with Crippen molar-refractivity contribution in [2.24, 2.45) is 0 Å². The quantitative estimate of drug-likeness (QED) is 0.362. The van der Waals surface area contributed by atoms with Crippen molar-refractivity contribution in [3.05, 3.63) is 83.7 Å². The first kappa shape index (κ1) is 25.7. The number of hydrogen-bond acceptors (Lipinski definition) is 5. The summed E-state index contributed by atoms with van der Waals surface area (Å²) in [6.07, 6.45) is 0. The molecule has 0 bridgehead atoms. The van der Waals surface area contributed by atoms with Gasteiger partial charge in [0.15, 0.2) is 0 Å². The largest absolute Gasteiger partial charge is 0.423 e. The normalized spacial score (nSPS) is 11.1. The maximum Gasteiger partial charge on any atom is 0.343 e. The molecule has 0 aromatic heterocycles. The average Bonchev–Trinajstić information content (AvgIpc) is 2.80. The van der Waals surface area contributed by atoms with Crippen LogP contribution in [0.15, 0.2) is 71.6 Å². The van der Waals surface area contributed by atoms with Crippen LogP contribution in [-0.4, -0.2) is 33.5 Å². The predicted octanol–water partition coefficient (Wildman–Crippen LogP) is 4.71. The van der Waals surface area contributed by atoms with E-state index in [-0.39, 0.29) is 34.0 Å². The Morgan fingerprint density at radius 1 is 1.00 bits per heavy atom. The van der Waals surface area contributed by atoms with Gasteiger partial charge in [0.25, 0.3) is 10.0 Å². The van der Waals surface area contributed by atoms with Gasteiger partial charge < -0.3 is 10.1 Å². The lowest BCUT2D eigenvalue weighted by Gasteiger charge is -2.20. The van der Waals surface area contributed by atoms with Crippen molar-refractivity contribution >= 4 is 33.4 Å². The van der Waals surface area contributed by atoms with E-state index in [9.17, 15) is 22.4 Å². The van der Waals surface area contributed by atoms with Crippen LogP contribution in [-0.2, 0) is 10.0 Å². The molecule has 0 heterocycles. The van der Waals surface area contributed by atoms with Gasteiger partial charge in [-0.15, -0.1) is 0 Å². The van der Waals surface area contributed by atoms with E-state index in [0.717, 1.165) is 6.07 Å². The number of aryl methyl sites for hydroxylation is 1. The Labute approximate surface area is 203 Å². The molecule has 0 unspecified atom stereocenters. The van der Waals surface area contributed by atoms with Crippen LogP contribution in [0.25, 0.3) is 0 Å². The molecular formula is C25H26FN3O5S. The summed E-state index contributed by atoms with van der Waals surface area (Å²) in [6, 6.07) is 15.4. The van der Waals surface area contributed by atoms with Crippen LogP contribution >= 0.6 is 0 Å². The highest BCUT2D eigenvalue weighted by molar-refractivity contribution is 7.92. The third-order valence-electron chi connectivity index (χ3n) is 4.96. The van der Waals surface area contributed by atoms with Crippen LogP contribution < -0.4 is 19.7 Å². The number of nitrogens with zero attached hydrogens (tertiary/aromatic N) is 1. The third-order valence-corrected chi connectivity index (χ3v) is 6.33. The molecule has 0 saturated carbocycles. The number of esters is 1. The zero-order valence-electron chi connectivity index (χ0n) is 19.7. The monoisotopic (exact) mass is 499 g/mol. The second kappa shape index (κ2) is 10.6. The molecule has 3 rings (SSSR count). The molecule has 35 heavy (non-hydrogen) atoms. The molecule has 0 aliphatic heterocycles. The first-order valence-corrected chi connectivity index (χ1v) is 12.2. The summed E-state index contributed by atoms with van der Waals surface area (Å²) in [4.78, 5) is 25.9. The Morgan fingerprint density at radius 2 is 1.69 bits per heavy atom. The highest BCUT2D eigenvalue weighted by atomic mass is 32.2. The Morgan fingerprint density at radius 3 is 2.31 bits per heavy atom. The molecule has 0 aliphatic carbocycles. The van der Waals surface area contributed by atoms with Gasteiger partial charge in [0.05, 0.1) is 10.5 Å². The number of benzene rings is 3. The van der Waals surface area contributed by atoms with E-state index in [0.29, 0.717) is 11.3 Å². The van der Waals surface area contributed by atoms with Crippen LogP contribution in [0.5, 0.6) is 5.75 Å². The van der Waals surface area contributed by atoms with E-state index in [1.165, 1.54) is 48.2 Å². The SMILES string of the molecule is Cc1ccc(S(=O)(=O)Nc2cccc(C(=O)Oc3ccc(N(C)C(=O)NC(C)C)cc3)c2)cc1F. The molecule has 184 valence electrons. The number of ether oxygens (including phenoxy) is 1. The molecule has 0 saturated heterocycles. The number of sulfonamides is 1. The summed E-state index contributed by atoms with van der Waals surface area (Å²) in [5.74, 6) is -1.09. The molecule has 8 nitrogen and oxygen atoms in total. The number of carbonyl (C=O) groups excluding carboxylic acids is 2. The van der Waals surface area contributed by atoms with Crippen molar-refractivity contribution in [2.75, 3.05) is 16.7 Å². The van der Waals surface area contributed by atoms with E-state index in [1.54, 1.807) is 31.3 Å². The smallest absolute Gasteiger partial charge is 0.343 e. The molecule has 0 fully saturated rings. The van der Waals surface area contributed by atoms with Crippen LogP contribution in [0.1, 0.15) is 29.8 Å². The Kier molecular flexibility index (Phi) is 7.75. The van der Waals surface area contributed by atoms with E-state index >= 15 is 0 Å². The van der Waals surface area contributed by atoms with Crippen LogP contribution in [0.2, 0.25) is 0 Å². The van der Waals surface area contributed by atoms with Gasteiger partial charge in [-0.05, 0) is 80.9 Å². The molecule has 3 aromatic rings. The summed E-state index contributed by atoms with van der Waals surface area (Å²) in [5, 5.41) is 2.78. The fourth-order valence-electron chi connectivity index (χ4n) is 3.03. The Hall–Kier alpha value is -3.92. The van der Waals surface area contributed by atoms with E-state index in [4.69, 9.17) is 4.74 Å². The summed E-state index contributed by atoms with van der Waals surface area (Å²) in [5.41, 5.74) is 1.16. The van der Waals surface area contributed by atoms with Gasteiger partial charge >= 0.3 is 12.0 Å². The summed E-state index contributed by atoms with van der Waals surface area (Å²) < 4.78 is 46.7. The lowest BCUT2D eigenvalue weighted by molar-refractivity contribution is 0.0734. The highest BCUT2D eigenvalue weighted by Crippen LogP contribution is 2.22. The number of nitrogens with one attached hydrogen (secondary N) is 2. The number of urea groups is 1. The van der Waals surface area contributed by atoms with Crippen molar-refractivity contribution < 1.29 is 27.1 Å². The van der Waals surface area contributed by atoms with Crippen LogP contribution in [0, 0.1) is 12.7 Å². The molecule has 3 aromatic carbocycles. The zero-order valence-corrected chi connectivity index (χ0v) is 20.5. The van der Waals surface area contributed by atoms with Gasteiger partial charge in [-0.3, -0.25) is 9.62 Å².